The largest absolute Gasteiger partial charge is 0.505 e. The first-order valence-electron chi connectivity index (χ1n) is 10.2. The van der Waals surface area contributed by atoms with Crippen molar-refractivity contribution in [2.75, 3.05) is 13.1 Å². The van der Waals surface area contributed by atoms with Crippen LogP contribution in [0.25, 0.3) is 39.1 Å². The number of H-pyrrole nitrogens is 2. The van der Waals surface area contributed by atoms with Crippen LogP contribution in [0.15, 0.2) is 36.5 Å². The number of nitrogens with one attached hydrogen (secondary N) is 3. The molecule has 4 aromatic rings. The fraction of sp³-hybridized carbons (Fsp3) is 0.217. The molecule has 0 atom stereocenters. The molecule has 6 nitrogen and oxygen atoms in total. The molecule has 0 aliphatic carbocycles. The molecule has 3 heterocycles. The zero-order valence-corrected chi connectivity index (χ0v) is 16.9. The van der Waals surface area contributed by atoms with Crippen LogP contribution in [0.4, 0.5) is 8.78 Å². The van der Waals surface area contributed by atoms with Crippen LogP contribution in [-0.4, -0.2) is 38.4 Å². The summed E-state index contributed by atoms with van der Waals surface area (Å²) in [6, 6.07) is 5.87. The van der Waals surface area contributed by atoms with Crippen molar-refractivity contribution in [2.24, 2.45) is 0 Å². The van der Waals surface area contributed by atoms with Gasteiger partial charge in [-0.3, -0.25) is 5.10 Å². The van der Waals surface area contributed by atoms with Gasteiger partial charge in [0.1, 0.15) is 11.2 Å². The second kappa shape index (κ2) is 7.63. The highest BCUT2D eigenvalue weighted by molar-refractivity contribution is 5.95. The van der Waals surface area contributed by atoms with Gasteiger partial charge in [0, 0.05) is 17.5 Å². The van der Waals surface area contributed by atoms with Crippen molar-refractivity contribution in [1.82, 2.24) is 25.5 Å². The van der Waals surface area contributed by atoms with Gasteiger partial charge in [-0.15, -0.1) is 0 Å². The lowest BCUT2D eigenvalue weighted by Crippen LogP contribution is -2.20. The number of aromatic amines is 2. The molecule has 8 heteroatoms. The van der Waals surface area contributed by atoms with Gasteiger partial charge < -0.3 is 15.4 Å². The maximum atomic E-state index is 15.4. The van der Waals surface area contributed by atoms with Gasteiger partial charge in [-0.05, 0) is 54.3 Å². The van der Waals surface area contributed by atoms with Crippen molar-refractivity contribution in [3.63, 3.8) is 0 Å². The maximum Gasteiger partial charge on any atom is 0.165 e. The number of phenols is 1. The van der Waals surface area contributed by atoms with E-state index in [4.69, 9.17) is 0 Å². The highest BCUT2D eigenvalue weighted by Gasteiger charge is 2.20. The van der Waals surface area contributed by atoms with E-state index in [-0.39, 0.29) is 11.1 Å². The SMILES string of the molecule is CCc1cc(O)c(F)cc1-c1ccc2c(-c3ncc(C4=CCNCC4)[nH]3)[nH]nc2c1F. The lowest BCUT2D eigenvalue weighted by molar-refractivity contribution is 0.432. The minimum atomic E-state index is -0.787. The number of rotatable bonds is 4. The number of benzene rings is 2. The Hall–Kier alpha value is -3.52. The summed E-state index contributed by atoms with van der Waals surface area (Å²) in [4.78, 5) is 7.75. The molecular weight excluding hydrogens is 400 g/mol. The number of aryl methyl sites for hydroxylation is 1. The van der Waals surface area contributed by atoms with Crippen molar-refractivity contribution in [1.29, 1.82) is 0 Å². The first-order valence-corrected chi connectivity index (χ1v) is 10.2. The Kier molecular flexibility index (Phi) is 4.78. The summed E-state index contributed by atoms with van der Waals surface area (Å²) >= 11 is 0. The van der Waals surface area contributed by atoms with Crippen LogP contribution in [0, 0.1) is 11.6 Å². The molecule has 1 aliphatic rings. The predicted octanol–water partition coefficient (Wildman–Crippen LogP) is 4.54. The Morgan fingerprint density at radius 2 is 2.03 bits per heavy atom. The molecule has 0 bridgehead atoms. The van der Waals surface area contributed by atoms with Gasteiger partial charge in [-0.2, -0.15) is 5.10 Å². The van der Waals surface area contributed by atoms with Crippen LogP contribution in [0.1, 0.15) is 24.6 Å². The van der Waals surface area contributed by atoms with Crippen molar-refractivity contribution in [3.8, 4) is 28.4 Å². The van der Waals surface area contributed by atoms with Crippen LogP contribution in [0.3, 0.4) is 0 Å². The van der Waals surface area contributed by atoms with Crippen molar-refractivity contribution in [3.05, 3.63) is 59.4 Å². The standard InChI is InChI=1S/C23H21F2N5O/c1-2-12-9-19(31)17(24)10-16(12)14-3-4-15-21(20(14)25)29-30-22(15)23-27-11-18(28-23)13-5-7-26-8-6-13/h3-5,9-11,26,31H,2,6-8H2,1H3,(H,27,28)(H,29,30). The third-order valence-corrected chi connectivity index (χ3v) is 5.73. The van der Waals surface area contributed by atoms with Crippen molar-refractivity contribution in [2.45, 2.75) is 19.8 Å². The minimum absolute atomic E-state index is 0.155. The number of halogens is 2. The van der Waals surface area contributed by atoms with E-state index in [1.54, 1.807) is 18.3 Å². The Labute approximate surface area is 177 Å². The smallest absolute Gasteiger partial charge is 0.165 e. The van der Waals surface area contributed by atoms with E-state index in [1.807, 2.05) is 6.92 Å². The highest BCUT2D eigenvalue weighted by atomic mass is 19.1. The number of aromatic hydroxyl groups is 1. The van der Waals surface area contributed by atoms with Gasteiger partial charge in [0.25, 0.3) is 0 Å². The van der Waals surface area contributed by atoms with E-state index in [9.17, 15) is 9.50 Å². The van der Waals surface area contributed by atoms with Crippen molar-refractivity contribution >= 4 is 16.5 Å². The molecule has 0 unspecified atom stereocenters. The molecule has 31 heavy (non-hydrogen) atoms. The summed E-state index contributed by atoms with van der Waals surface area (Å²) in [5.41, 5.74) is 4.16. The molecule has 0 radical (unpaired) electrons. The predicted molar refractivity (Wildman–Crippen MR) is 116 cm³/mol. The number of fused-ring (bicyclic) bond motifs is 1. The molecule has 2 aromatic carbocycles. The number of imidazole rings is 1. The fourth-order valence-electron chi connectivity index (χ4n) is 4.06. The van der Waals surface area contributed by atoms with E-state index in [2.05, 4.69) is 31.6 Å². The Morgan fingerprint density at radius 3 is 2.81 bits per heavy atom. The molecule has 4 N–H and O–H groups in total. The normalized spacial score (nSPS) is 14.2. The average molecular weight is 421 g/mol. The summed E-state index contributed by atoms with van der Waals surface area (Å²) in [6.07, 6.45) is 5.33. The van der Waals surface area contributed by atoms with Crippen LogP contribution < -0.4 is 5.32 Å². The van der Waals surface area contributed by atoms with Crippen LogP contribution in [-0.2, 0) is 6.42 Å². The van der Waals surface area contributed by atoms with Crippen LogP contribution in [0.2, 0.25) is 0 Å². The van der Waals surface area contributed by atoms with E-state index < -0.39 is 17.4 Å². The third-order valence-electron chi connectivity index (χ3n) is 5.73. The zero-order chi connectivity index (χ0) is 21.5. The number of phenolic OH excluding ortho intramolecular Hbond substituents is 1. The quantitative estimate of drug-likeness (QED) is 0.389. The first-order chi connectivity index (χ1) is 15.1. The van der Waals surface area contributed by atoms with E-state index in [0.717, 1.165) is 31.3 Å². The molecule has 5 rings (SSSR count). The Bertz CT molecular complexity index is 1320. The summed E-state index contributed by atoms with van der Waals surface area (Å²) in [7, 11) is 0. The monoisotopic (exact) mass is 421 g/mol. The number of hydrogen-bond acceptors (Lipinski definition) is 4. The summed E-state index contributed by atoms with van der Waals surface area (Å²) in [6.45, 7) is 3.60. The summed E-state index contributed by atoms with van der Waals surface area (Å²) in [5.74, 6) is -1.20. The van der Waals surface area contributed by atoms with Gasteiger partial charge in [0.2, 0.25) is 0 Å². The second-order valence-electron chi connectivity index (χ2n) is 7.57. The first kappa shape index (κ1) is 19.4. The molecule has 2 aromatic heterocycles. The number of aromatic nitrogens is 4. The average Bonchev–Trinajstić information content (AvgIpc) is 3.44. The molecule has 158 valence electrons. The molecule has 0 spiro atoms. The lowest BCUT2D eigenvalue weighted by atomic mass is 9.96. The van der Waals surface area contributed by atoms with E-state index in [0.29, 0.717) is 34.5 Å². The van der Waals surface area contributed by atoms with E-state index >= 15 is 4.39 Å². The van der Waals surface area contributed by atoms with Crippen LogP contribution in [0.5, 0.6) is 5.75 Å². The molecule has 1 aliphatic heterocycles. The topological polar surface area (TPSA) is 89.6 Å². The Morgan fingerprint density at radius 1 is 1.16 bits per heavy atom. The molecule has 0 saturated carbocycles. The highest BCUT2D eigenvalue weighted by Crippen LogP contribution is 2.36. The third kappa shape index (κ3) is 3.29. The Balaban J connectivity index is 1.58. The summed E-state index contributed by atoms with van der Waals surface area (Å²) in [5, 5.41) is 20.6. The maximum absolute atomic E-state index is 15.4. The molecule has 0 amide bonds. The van der Waals surface area contributed by atoms with Gasteiger partial charge >= 0.3 is 0 Å². The zero-order valence-electron chi connectivity index (χ0n) is 16.9. The summed E-state index contributed by atoms with van der Waals surface area (Å²) < 4.78 is 29.4. The van der Waals surface area contributed by atoms with Gasteiger partial charge in [-0.1, -0.05) is 19.1 Å². The number of nitrogens with zero attached hydrogens (tertiary/aromatic N) is 2. The van der Waals surface area contributed by atoms with Gasteiger partial charge in [0.15, 0.2) is 23.2 Å². The molecule has 0 fully saturated rings. The fourth-order valence-corrected chi connectivity index (χ4v) is 4.06. The lowest BCUT2D eigenvalue weighted by Gasteiger charge is -2.12. The minimum Gasteiger partial charge on any atom is -0.505 e. The molecular formula is C23H21F2N5O. The number of hydrogen-bond donors (Lipinski definition) is 4. The van der Waals surface area contributed by atoms with Gasteiger partial charge in [0.05, 0.1) is 11.9 Å². The second-order valence-corrected chi connectivity index (χ2v) is 7.57. The van der Waals surface area contributed by atoms with E-state index in [1.165, 1.54) is 11.6 Å². The van der Waals surface area contributed by atoms with Gasteiger partial charge in [-0.25, -0.2) is 13.8 Å². The molecule has 0 saturated heterocycles. The van der Waals surface area contributed by atoms with Crippen molar-refractivity contribution < 1.29 is 13.9 Å². The van der Waals surface area contributed by atoms with Crippen LogP contribution >= 0.6 is 0 Å².